The molecule has 0 spiro atoms. The minimum atomic E-state index is -1.01. The largest absolute Gasteiger partial charge is 0.478 e. The maximum atomic E-state index is 11.9. The van der Waals surface area contributed by atoms with Crippen molar-refractivity contribution >= 4 is 40.3 Å². The number of nitrogens with zero attached hydrogens (tertiary/aromatic N) is 1. The second-order valence-electron chi connectivity index (χ2n) is 4.24. The summed E-state index contributed by atoms with van der Waals surface area (Å²) in [5.41, 5.74) is 0.663. The SMILES string of the molecule is CCCCN(C)C(=O)Nc1cc(I)cc(C(=O)O)c1. The van der Waals surface area contributed by atoms with Crippen molar-refractivity contribution in [2.45, 2.75) is 19.8 Å². The highest BCUT2D eigenvalue weighted by Crippen LogP contribution is 2.17. The van der Waals surface area contributed by atoms with Crippen LogP contribution in [0, 0.1) is 3.57 Å². The van der Waals surface area contributed by atoms with Gasteiger partial charge in [-0.3, -0.25) is 0 Å². The Hall–Kier alpha value is -1.31. The number of rotatable bonds is 5. The quantitative estimate of drug-likeness (QED) is 0.776. The van der Waals surface area contributed by atoms with Gasteiger partial charge in [0.05, 0.1) is 5.56 Å². The second-order valence-corrected chi connectivity index (χ2v) is 5.48. The summed E-state index contributed by atoms with van der Waals surface area (Å²) in [6, 6.07) is 4.51. The molecule has 1 rings (SSSR count). The van der Waals surface area contributed by atoms with E-state index in [4.69, 9.17) is 5.11 Å². The number of hydrogen-bond acceptors (Lipinski definition) is 2. The number of amides is 2. The van der Waals surface area contributed by atoms with Gasteiger partial charge in [-0.25, -0.2) is 9.59 Å². The molecule has 0 aliphatic rings. The van der Waals surface area contributed by atoms with Crippen molar-refractivity contribution in [1.29, 1.82) is 0 Å². The Morgan fingerprint density at radius 1 is 1.37 bits per heavy atom. The summed E-state index contributed by atoms with van der Waals surface area (Å²) < 4.78 is 0.768. The van der Waals surface area contributed by atoms with Crippen LogP contribution in [0.15, 0.2) is 18.2 Å². The van der Waals surface area contributed by atoms with E-state index < -0.39 is 5.97 Å². The van der Waals surface area contributed by atoms with Gasteiger partial charge < -0.3 is 15.3 Å². The van der Waals surface area contributed by atoms with E-state index >= 15 is 0 Å². The third-order valence-corrected chi connectivity index (χ3v) is 3.21. The molecule has 104 valence electrons. The lowest BCUT2D eigenvalue weighted by molar-refractivity contribution is 0.0697. The topological polar surface area (TPSA) is 69.6 Å². The first kappa shape index (κ1) is 15.7. The molecule has 0 saturated heterocycles. The van der Waals surface area contributed by atoms with Gasteiger partial charge in [-0.05, 0) is 47.2 Å². The lowest BCUT2D eigenvalue weighted by Crippen LogP contribution is -2.32. The van der Waals surface area contributed by atoms with Crippen LogP contribution in [0.5, 0.6) is 0 Å². The zero-order chi connectivity index (χ0) is 14.4. The molecule has 19 heavy (non-hydrogen) atoms. The first-order valence-electron chi connectivity index (χ1n) is 6.00. The molecule has 0 heterocycles. The summed E-state index contributed by atoms with van der Waals surface area (Å²) in [6.45, 7) is 2.74. The molecule has 2 N–H and O–H groups in total. The number of urea groups is 1. The molecule has 0 radical (unpaired) electrons. The number of carboxylic acid groups (broad SMARTS) is 1. The monoisotopic (exact) mass is 376 g/mol. The molecule has 0 aromatic heterocycles. The number of unbranched alkanes of at least 4 members (excludes halogenated alkanes) is 1. The molecule has 0 fully saturated rings. The average Bonchev–Trinajstić information content (AvgIpc) is 2.34. The molecule has 6 heteroatoms. The van der Waals surface area contributed by atoms with Crippen molar-refractivity contribution in [2.24, 2.45) is 0 Å². The lowest BCUT2D eigenvalue weighted by atomic mass is 10.2. The second kappa shape index (κ2) is 7.32. The van der Waals surface area contributed by atoms with E-state index in [1.165, 1.54) is 6.07 Å². The van der Waals surface area contributed by atoms with Gasteiger partial charge >= 0.3 is 12.0 Å². The van der Waals surface area contributed by atoms with Gasteiger partial charge in [-0.1, -0.05) is 13.3 Å². The van der Waals surface area contributed by atoms with Crippen LogP contribution in [0.25, 0.3) is 0 Å². The minimum absolute atomic E-state index is 0.165. The summed E-state index contributed by atoms with van der Waals surface area (Å²) in [5, 5.41) is 11.7. The molecule has 2 amide bonds. The number of carbonyl (C=O) groups excluding carboxylic acids is 1. The standard InChI is InChI=1S/C13H17IN2O3/c1-3-4-5-16(2)13(19)15-11-7-9(12(17)18)6-10(14)8-11/h6-8H,3-5H2,1-2H3,(H,15,19)(H,17,18). The Balaban J connectivity index is 2.76. The van der Waals surface area contributed by atoms with Gasteiger partial charge in [-0.15, -0.1) is 0 Å². The summed E-state index contributed by atoms with van der Waals surface area (Å²) in [4.78, 5) is 24.4. The van der Waals surface area contributed by atoms with E-state index in [0.717, 1.165) is 16.4 Å². The highest BCUT2D eigenvalue weighted by atomic mass is 127. The molecule has 0 unspecified atom stereocenters. The van der Waals surface area contributed by atoms with E-state index in [1.807, 2.05) is 22.6 Å². The predicted molar refractivity (Wildman–Crippen MR) is 82.7 cm³/mol. The average molecular weight is 376 g/mol. The van der Waals surface area contributed by atoms with Crippen molar-refractivity contribution in [3.63, 3.8) is 0 Å². The number of aromatic carboxylic acids is 1. The first-order valence-corrected chi connectivity index (χ1v) is 7.08. The van der Waals surface area contributed by atoms with Crippen LogP contribution in [0.1, 0.15) is 30.1 Å². The molecule has 1 aromatic carbocycles. The first-order chi connectivity index (χ1) is 8.93. The fourth-order valence-corrected chi connectivity index (χ4v) is 2.17. The smallest absolute Gasteiger partial charge is 0.335 e. The summed E-state index contributed by atoms with van der Waals surface area (Å²) in [5.74, 6) is -1.01. The molecule has 0 aliphatic heterocycles. The Bertz CT molecular complexity index is 477. The third-order valence-electron chi connectivity index (χ3n) is 2.59. The van der Waals surface area contributed by atoms with E-state index in [1.54, 1.807) is 24.1 Å². The zero-order valence-electron chi connectivity index (χ0n) is 10.9. The predicted octanol–water partition coefficient (Wildman–Crippen LogP) is 3.25. The van der Waals surface area contributed by atoms with Crippen molar-refractivity contribution in [1.82, 2.24) is 4.90 Å². The fourth-order valence-electron chi connectivity index (χ4n) is 1.50. The maximum Gasteiger partial charge on any atom is 0.335 e. The molecule has 0 bridgehead atoms. The summed E-state index contributed by atoms with van der Waals surface area (Å²) >= 11 is 2.02. The number of halogens is 1. The van der Waals surface area contributed by atoms with Gasteiger partial charge in [0.2, 0.25) is 0 Å². The summed E-state index contributed by atoms with van der Waals surface area (Å²) in [7, 11) is 1.72. The molecule has 1 aromatic rings. The number of anilines is 1. The Kier molecular flexibility index (Phi) is 6.07. The van der Waals surface area contributed by atoms with Crippen LogP contribution >= 0.6 is 22.6 Å². The number of hydrogen-bond donors (Lipinski definition) is 2. The van der Waals surface area contributed by atoms with Gasteiger partial charge in [0.25, 0.3) is 0 Å². The van der Waals surface area contributed by atoms with Crippen LogP contribution in [0.2, 0.25) is 0 Å². The molecule has 0 aliphatic carbocycles. The highest BCUT2D eigenvalue weighted by Gasteiger charge is 2.11. The minimum Gasteiger partial charge on any atom is -0.478 e. The zero-order valence-corrected chi connectivity index (χ0v) is 13.1. The Labute approximate surface area is 126 Å². The van der Waals surface area contributed by atoms with Gasteiger partial charge in [0, 0.05) is 22.8 Å². The molecule has 5 nitrogen and oxygen atoms in total. The maximum absolute atomic E-state index is 11.9. The van der Waals surface area contributed by atoms with Crippen LogP contribution in [0.3, 0.4) is 0 Å². The van der Waals surface area contributed by atoms with Crippen LogP contribution < -0.4 is 5.32 Å². The molecule has 0 saturated carbocycles. The van der Waals surface area contributed by atoms with Crippen molar-refractivity contribution < 1.29 is 14.7 Å². The Morgan fingerprint density at radius 2 is 2.05 bits per heavy atom. The lowest BCUT2D eigenvalue weighted by Gasteiger charge is -2.17. The van der Waals surface area contributed by atoms with Crippen LogP contribution in [-0.4, -0.2) is 35.6 Å². The van der Waals surface area contributed by atoms with Crippen molar-refractivity contribution in [2.75, 3.05) is 18.9 Å². The van der Waals surface area contributed by atoms with Crippen LogP contribution in [0.4, 0.5) is 10.5 Å². The number of benzene rings is 1. The highest BCUT2D eigenvalue weighted by molar-refractivity contribution is 14.1. The molecular weight excluding hydrogens is 359 g/mol. The molecule has 0 atom stereocenters. The van der Waals surface area contributed by atoms with Crippen LogP contribution in [-0.2, 0) is 0 Å². The number of nitrogens with one attached hydrogen (secondary N) is 1. The van der Waals surface area contributed by atoms with Crippen molar-refractivity contribution in [3.8, 4) is 0 Å². The van der Waals surface area contributed by atoms with E-state index in [9.17, 15) is 9.59 Å². The van der Waals surface area contributed by atoms with Gasteiger partial charge in [0.1, 0.15) is 0 Å². The van der Waals surface area contributed by atoms with E-state index in [-0.39, 0.29) is 11.6 Å². The summed E-state index contributed by atoms with van der Waals surface area (Å²) in [6.07, 6.45) is 1.96. The number of carbonyl (C=O) groups is 2. The van der Waals surface area contributed by atoms with Crippen molar-refractivity contribution in [3.05, 3.63) is 27.3 Å². The third kappa shape index (κ3) is 5.06. The van der Waals surface area contributed by atoms with Gasteiger partial charge in [-0.2, -0.15) is 0 Å². The number of carboxylic acids is 1. The van der Waals surface area contributed by atoms with Gasteiger partial charge in [0.15, 0.2) is 0 Å². The molecular formula is C13H17IN2O3. The van der Waals surface area contributed by atoms with E-state index in [0.29, 0.717) is 12.2 Å². The van der Waals surface area contributed by atoms with E-state index in [2.05, 4.69) is 12.2 Å². The normalized spacial score (nSPS) is 10.1. The fraction of sp³-hybridized carbons (Fsp3) is 0.385. The Morgan fingerprint density at radius 3 is 2.63 bits per heavy atom.